The second-order valence-electron chi connectivity index (χ2n) is 5.31. The van der Waals surface area contributed by atoms with E-state index in [1.54, 1.807) is 49.7 Å². The Morgan fingerprint density at radius 3 is 2.70 bits per heavy atom. The van der Waals surface area contributed by atoms with Gasteiger partial charge < -0.3 is 9.47 Å². The molecule has 0 atom stereocenters. The molecule has 1 aliphatic heterocycles. The van der Waals surface area contributed by atoms with Crippen LogP contribution in [0.4, 0.5) is 0 Å². The van der Waals surface area contributed by atoms with Crippen molar-refractivity contribution in [3.63, 3.8) is 0 Å². The monoisotopic (exact) mass is 401 g/mol. The largest absolute Gasteiger partial charge is 0.493 e. The summed E-state index contributed by atoms with van der Waals surface area (Å²) >= 11 is 6.32. The van der Waals surface area contributed by atoms with Crippen LogP contribution in [-0.2, 0) is 4.79 Å². The summed E-state index contributed by atoms with van der Waals surface area (Å²) in [7, 11) is 3.09. The lowest BCUT2D eigenvalue weighted by atomic mass is 10.2. The Bertz CT molecular complexity index is 931. The lowest BCUT2D eigenvalue weighted by Gasteiger charge is -2.15. The number of nitrogens with one attached hydrogen (secondary N) is 1. The molecule has 1 fully saturated rings. The molecule has 138 valence electrons. The maximum absolute atomic E-state index is 12.6. The van der Waals surface area contributed by atoms with Gasteiger partial charge in [-0.2, -0.15) is 5.01 Å². The number of pyridine rings is 1. The molecule has 0 aliphatic carbocycles. The van der Waals surface area contributed by atoms with Gasteiger partial charge in [0.2, 0.25) is 0 Å². The Morgan fingerprint density at radius 1 is 1.26 bits per heavy atom. The third kappa shape index (κ3) is 4.09. The molecule has 0 radical (unpaired) electrons. The lowest BCUT2D eigenvalue weighted by Crippen LogP contribution is -2.44. The molecule has 2 heterocycles. The summed E-state index contributed by atoms with van der Waals surface area (Å²) in [6, 6.07) is 8.52. The Kier molecular flexibility index (Phi) is 5.72. The predicted molar refractivity (Wildman–Crippen MR) is 106 cm³/mol. The highest BCUT2D eigenvalue weighted by Crippen LogP contribution is 2.34. The first-order chi connectivity index (χ1) is 13.0. The van der Waals surface area contributed by atoms with Crippen molar-refractivity contribution in [2.75, 3.05) is 14.2 Å². The first kappa shape index (κ1) is 18.9. The van der Waals surface area contributed by atoms with E-state index in [-0.39, 0.29) is 4.32 Å². The zero-order valence-corrected chi connectivity index (χ0v) is 16.1. The summed E-state index contributed by atoms with van der Waals surface area (Å²) < 4.78 is 10.7. The minimum atomic E-state index is -0.466. The highest BCUT2D eigenvalue weighted by molar-refractivity contribution is 8.26. The van der Waals surface area contributed by atoms with Crippen LogP contribution < -0.4 is 14.9 Å². The molecule has 0 unspecified atom stereocenters. The first-order valence-corrected chi connectivity index (χ1v) is 8.97. The van der Waals surface area contributed by atoms with E-state index in [0.717, 1.165) is 22.3 Å². The number of aromatic nitrogens is 1. The molecule has 0 spiro atoms. The zero-order valence-electron chi connectivity index (χ0n) is 14.5. The van der Waals surface area contributed by atoms with Crippen molar-refractivity contribution in [2.45, 2.75) is 0 Å². The number of hydrogen-bond acceptors (Lipinski definition) is 7. The summed E-state index contributed by atoms with van der Waals surface area (Å²) in [4.78, 5) is 29.1. The van der Waals surface area contributed by atoms with Crippen LogP contribution in [0, 0.1) is 0 Å². The molecule has 7 nitrogen and oxygen atoms in total. The standard InChI is InChI=1S/C18H15N3O4S2/c1-24-13-6-5-11(8-14(13)25-2)9-15-17(23)21(18(26)27-15)20-16(22)12-4-3-7-19-10-12/h3-10H,1-2H3,(H,20,22)/b15-9-. The summed E-state index contributed by atoms with van der Waals surface area (Å²) in [5.41, 5.74) is 3.58. The molecular weight excluding hydrogens is 386 g/mol. The van der Waals surface area contributed by atoms with Crippen molar-refractivity contribution >= 4 is 46.2 Å². The van der Waals surface area contributed by atoms with E-state index >= 15 is 0 Å². The minimum Gasteiger partial charge on any atom is -0.493 e. The van der Waals surface area contributed by atoms with Crippen molar-refractivity contribution in [2.24, 2.45) is 0 Å². The number of amides is 2. The van der Waals surface area contributed by atoms with Crippen LogP contribution in [0.2, 0.25) is 0 Å². The number of carbonyl (C=O) groups is 2. The molecular formula is C18H15N3O4S2. The molecule has 1 N–H and O–H groups in total. The molecule has 1 aromatic carbocycles. The fourth-order valence-electron chi connectivity index (χ4n) is 2.32. The molecule has 0 bridgehead atoms. The van der Waals surface area contributed by atoms with Gasteiger partial charge in [-0.25, -0.2) is 0 Å². The van der Waals surface area contributed by atoms with Crippen molar-refractivity contribution in [3.8, 4) is 11.5 Å². The van der Waals surface area contributed by atoms with Crippen molar-refractivity contribution < 1.29 is 19.1 Å². The van der Waals surface area contributed by atoms with Gasteiger partial charge in [-0.05, 0) is 48.1 Å². The molecule has 2 amide bonds. The number of hydrazine groups is 1. The predicted octanol–water partition coefficient (Wildman–Crippen LogP) is 2.65. The zero-order chi connectivity index (χ0) is 19.4. The van der Waals surface area contributed by atoms with Crippen LogP contribution >= 0.6 is 24.0 Å². The van der Waals surface area contributed by atoms with Crippen molar-refractivity contribution in [1.82, 2.24) is 15.4 Å². The van der Waals surface area contributed by atoms with E-state index in [2.05, 4.69) is 10.4 Å². The molecule has 1 aromatic heterocycles. The third-order valence-electron chi connectivity index (χ3n) is 3.64. The van der Waals surface area contributed by atoms with Gasteiger partial charge in [0.1, 0.15) is 0 Å². The SMILES string of the molecule is COc1ccc(/C=C2\SC(=S)N(NC(=O)c3cccnc3)C2=O)cc1OC. The van der Waals surface area contributed by atoms with Crippen LogP contribution in [0.3, 0.4) is 0 Å². The molecule has 1 aliphatic rings. The molecule has 9 heteroatoms. The summed E-state index contributed by atoms with van der Waals surface area (Å²) in [6.07, 6.45) is 4.65. The lowest BCUT2D eigenvalue weighted by molar-refractivity contribution is -0.123. The maximum Gasteiger partial charge on any atom is 0.285 e. The normalized spacial score (nSPS) is 15.2. The van der Waals surface area contributed by atoms with E-state index in [1.165, 1.54) is 13.3 Å². The quantitative estimate of drug-likeness (QED) is 0.609. The van der Waals surface area contributed by atoms with Gasteiger partial charge in [-0.15, -0.1) is 0 Å². The minimum absolute atomic E-state index is 0.240. The number of carbonyl (C=O) groups excluding carboxylic acids is 2. The second kappa shape index (κ2) is 8.19. The van der Waals surface area contributed by atoms with Gasteiger partial charge in [0.05, 0.1) is 24.7 Å². The molecule has 2 aromatic rings. The smallest absolute Gasteiger partial charge is 0.285 e. The van der Waals surface area contributed by atoms with Gasteiger partial charge in [-0.3, -0.25) is 20.0 Å². The van der Waals surface area contributed by atoms with Crippen molar-refractivity contribution in [3.05, 3.63) is 58.8 Å². The number of ether oxygens (including phenoxy) is 2. The van der Waals surface area contributed by atoms with Gasteiger partial charge in [-0.1, -0.05) is 17.8 Å². The Hall–Kier alpha value is -2.91. The maximum atomic E-state index is 12.6. The van der Waals surface area contributed by atoms with Crippen LogP contribution in [0.5, 0.6) is 11.5 Å². The van der Waals surface area contributed by atoms with Crippen LogP contribution in [-0.4, -0.2) is 40.3 Å². The number of nitrogens with zero attached hydrogens (tertiary/aromatic N) is 2. The third-order valence-corrected chi connectivity index (χ3v) is 4.94. The first-order valence-electron chi connectivity index (χ1n) is 7.74. The number of rotatable bonds is 5. The van der Waals surface area contributed by atoms with E-state index in [0.29, 0.717) is 22.0 Å². The summed E-state index contributed by atoms with van der Waals surface area (Å²) in [5.74, 6) is 0.265. The van der Waals surface area contributed by atoms with Gasteiger partial charge in [0, 0.05) is 12.4 Å². The van der Waals surface area contributed by atoms with E-state index in [9.17, 15) is 9.59 Å². The Labute approximate surface area is 165 Å². The molecule has 0 saturated carbocycles. The van der Waals surface area contributed by atoms with Crippen LogP contribution in [0.25, 0.3) is 6.08 Å². The van der Waals surface area contributed by atoms with E-state index in [4.69, 9.17) is 21.7 Å². The Balaban J connectivity index is 1.79. The van der Waals surface area contributed by atoms with Gasteiger partial charge in [0.25, 0.3) is 11.8 Å². The fraction of sp³-hybridized carbons (Fsp3) is 0.111. The summed E-state index contributed by atoms with van der Waals surface area (Å²) in [5, 5.41) is 1.06. The van der Waals surface area contributed by atoms with Crippen molar-refractivity contribution in [1.29, 1.82) is 0 Å². The molecule has 27 heavy (non-hydrogen) atoms. The number of thioether (sulfide) groups is 1. The Morgan fingerprint density at radius 2 is 2.04 bits per heavy atom. The van der Waals surface area contributed by atoms with Crippen LogP contribution in [0.1, 0.15) is 15.9 Å². The second-order valence-corrected chi connectivity index (χ2v) is 6.99. The highest BCUT2D eigenvalue weighted by atomic mass is 32.2. The van der Waals surface area contributed by atoms with Gasteiger partial charge >= 0.3 is 0 Å². The highest BCUT2D eigenvalue weighted by Gasteiger charge is 2.33. The average molecular weight is 401 g/mol. The molecule has 3 rings (SSSR count). The number of methoxy groups -OCH3 is 2. The van der Waals surface area contributed by atoms with E-state index in [1.807, 2.05) is 0 Å². The number of hydrogen-bond donors (Lipinski definition) is 1. The number of benzene rings is 1. The topological polar surface area (TPSA) is 80.8 Å². The van der Waals surface area contributed by atoms with Gasteiger partial charge in [0.15, 0.2) is 15.8 Å². The summed E-state index contributed by atoms with van der Waals surface area (Å²) in [6.45, 7) is 0. The average Bonchev–Trinajstić information content (AvgIpc) is 2.95. The van der Waals surface area contributed by atoms with E-state index < -0.39 is 11.8 Å². The number of thiocarbonyl (C=S) groups is 1. The fourth-order valence-corrected chi connectivity index (χ4v) is 3.50. The van der Waals surface area contributed by atoms with Crippen LogP contribution in [0.15, 0.2) is 47.6 Å². The molecule has 1 saturated heterocycles.